The number of hydrogen-bond acceptors (Lipinski definition) is 4. The van der Waals surface area contributed by atoms with Gasteiger partial charge in [0.25, 0.3) is 11.5 Å². The molecule has 1 unspecified atom stereocenters. The van der Waals surface area contributed by atoms with Crippen LogP contribution < -0.4 is 10.5 Å². The lowest BCUT2D eigenvalue weighted by atomic mass is 10.2. The number of morpholine rings is 1. The zero-order valence-electron chi connectivity index (χ0n) is 15.8. The Morgan fingerprint density at radius 1 is 1.35 bits per heavy atom. The Bertz CT molecular complexity index is 840. The number of likely N-dealkylation sites (N-methyl/N-ethyl adjacent to an activating group) is 1. The molecular weight excluding hydrogens is 332 g/mol. The van der Waals surface area contributed by atoms with Gasteiger partial charge in [-0.3, -0.25) is 9.59 Å². The van der Waals surface area contributed by atoms with Crippen molar-refractivity contribution in [3.63, 3.8) is 0 Å². The Labute approximate surface area is 153 Å². The van der Waals surface area contributed by atoms with Crippen LogP contribution in [0.4, 0.5) is 0 Å². The number of aromatic amines is 1. The first kappa shape index (κ1) is 18.5. The SMILES string of the molecule is C[C@H](C(=O)N1C[C@H](C)O[C@@H](C)C1)[NH+](C)Cc1nc2ccccc2c(=O)[nH]1. The van der Waals surface area contributed by atoms with Gasteiger partial charge in [-0.05, 0) is 32.9 Å². The Morgan fingerprint density at radius 3 is 2.69 bits per heavy atom. The van der Waals surface area contributed by atoms with Crippen LogP contribution in [0.25, 0.3) is 10.9 Å². The van der Waals surface area contributed by atoms with E-state index in [1.807, 2.05) is 50.9 Å². The number of carbonyl (C=O) groups is 1. The standard InChI is InChI=1S/C19H26N4O3/c1-12-9-23(10-13(2)26-12)19(25)14(3)22(4)11-17-20-16-8-6-5-7-15(16)18(24)21-17/h5-8,12-14H,9-11H2,1-4H3,(H,20,21,24)/p+1/t12-,13-,14+/m0/s1. The molecule has 1 amide bonds. The van der Waals surface area contributed by atoms with Crippen molar-refractivity contribution in [3.05, 3.63) is 40.4 Å². The van der Waals surface area contributed by atoms with E-state index in [0.29, 0.717) is 36.4 Å². The summed E-state index contributed by atoms with van der Waals surface area (Å²) in [6, 6.07) is 7.04. The number of hydrogen-bond donors (Lipinski definition) is 2. The molecule has 1 aromatic carbocycles. The summed E-state index contributed by atoms with van der Waals surface area (Å²) in [6.45, 7) is 7.60. The highest BCUT2D eigenvalue weighted by molar-refractivity contribution is 5.80. The van der Waals surface area contributed by atoms with Crippen LogP contribution in [0.3, 0.4) is 0 Å². The number of nitrogens with one attached hydrogen (secondary N) is 2. The summed E-state index contributed by atoms with van der Waals surface area (Å²) < 4.78 is 5.71. The van der Waals surface area contributed by atoms with Crippen molar-refractivity contribution in [2.45, 2.75) is 45.6 Å². The number of amides is 1. The van der Waals surface area contributed by atoms with Crippen molar-refractivity contribution >= 4 is 16.8 Å². The number of rotatable bonds is 4. The Morgan fingerprint density at radius 2 is 2.00 bits per heavy atom. The maximum absolute atomic E-state index is 12.9. The van der Waals surface area contributed by atoms with Crippen LogP contribution in [-0.2, 0) is 16.1 Å². The first-order valence-corrected chi connectivity index (χ1v) is 9.09. The maximum Gasteiger partial charge on any atom is 0.280 e. The topological polar surface area (TPSA) is 79.7 Å². The minimum absolute atomic E-state index is 0.0497. The normalized spacial score (nSPS) is 23.0. The Kier molecular flexibility index (Phi) is 5.38. The van der Waals surface area contributed by atoms with E-state index in [1.165, 1.54) is 0 Å². The molecule has 7 heteroatoms. The number of nitrogens with zero attached hydrogens (tertiary/aromatic N) is 2. The van der Waals surface area contributed by atoms with Gasteiger partial charge in [0, 0.05) is 13.1 Å². The number of carbonyl (C=O) groups excluding carboxylic acids is 1. The van der Waals surface area contributed by atoms with Gasteiger partial charge in [-0.25, -0.2) is 4.98 Å². The molecule has 2 aromatic rings. The molecule has 26 heavy (non-hydrogen) atoms. The smallest absolute Gasteiger partial charge is 0.280 e. The molecule has 2 heterocycles. The van der Waals surface area contributed by atoms with Crippen LogP contribution in [0.2, 0.25) is 0 Å². The minimum atomic E-state index is -0.232. The van der Waals surface area contributed by atoms with E-state index in [4.69, 9.17) is 4.74 Å². The van der Waals surface area contributed by atoms with Crippen molar-refractivity contribution in [3.8, 4) is 0 Å². The second kappa shape index (κ2) is 7.55. The Hall–Kier alpha value is -2.25. The zero-order chi connectivity index (χ0) is 18.8. The number of quaternary nitrogens is 1. The molecular formula is C19H27N4O3+. The predicted octanol–water partition coefficient (Wildman–Crippen LogP) is -0.0379. The average molecular weight is 359 g/mol. The summed E-state index contributed by atoms with van der Waals surface area (Å²) >= 11 is 0. The fraction of sp³-hybridized carbons (Fsp3) is 0.526. The molecule has 0 bridgehead atoms. The molecule has 1 saturated heterocycles. The van der Waals surface area contributed by atoms with Crippen molar-refractivity contribution in [2.24, 2.45) is 0 Å². The monoisotopic (exact) mass is 359 g/mol. The molecule has 0 spiro atoms. The number of fused-ring (bicyclic) bond motifs is 1. The number of benzene rings is 1. The number of ether oxygens (including phenoxy) is 1. The molecule has 4 atom stereocenters. The van der Waals surface area contributed by atoms with Gasteiger partial charge in [-0.1, -0.05) is 12.1 Å². The quantitative estimate of drug-likeness (QED) is 0.803. The van der Waals surface area contributed by atoms with E-state index < -0.39 is 0 Å². The van der Waals surface area contributed by atoms with Gasteiger partial charge >= 0.3 is 0 Å². The highest BCUT2D eigenvalue weighted by Crippen LogP contribution is 2.11. The lowest BCUT2D eigenvalue weighted by Crippen LogP contribution is -3.12. The molecule has 1 aromatic heterocycles. The van der Waals surface area contributed by atoms with Crippen molar-refractivity contribution in [1.82, 2.24) is 14.9 Å². The van der Waals surface area contributed by atoms with E-state index in [0.717, 1.165) is 4.90 Å². The average Bonchev–Trinajstić information content (AvgIpc) is 2.59. The molecule has 0 radical (unpaired) electrons. The summed E-state index contributed by atoms with van der Waals surface area (Å²) in [5.41, 5.74) is 0.530. The van der Waals surface area contributed by atoms with Gasteiger partial charge in [0.15, 0.2) is 11.9 Å². The number of H-pyrrole nitrogens is 1. The molecule has 2 N–H and O–H groups in total. The fourth-order valence-electron chi connectivity index (χ4n) is 3.48. The van der Waals surface area contributed by atoms with Crippen LogP contribution >= 0.6 is 0 Å². The van der Waals surface area contributed by atoms with Crippen LogP contribution in [0.1, 0.15) is 26.6 Å². The molecule has 0 saturated carbocycles. The van der Waals surface area contributed by atoms with Crippen molar-refractivity contribution in [2.75, 3.05) is 20.1 Å². The van der Waals surface area contributed by atoms with Gasteiger partial charge in [0.2, 0.25) is 0 Å². The Balaban J connectivity index is 1.72. The summed E-state index contributed by atoms with van der Waals surface area (Å²) in [6.07, 6.45) is 0.0995. The van der Waals surface area contributed by atoms with Gasteiger partial charge in [0.1, 0.15) is 6.54 Å². The molecule has 1 aliphatic rings. The predicted molar refractivity (Wildman–Crippen MR) is 99.0 cm³/mol. The second-order valence-corrected chi connectivity index (χ2v) is 7.28. The van der Waals surface area contributed by atoms with E-state index in [1.54, 1.807) is 6.07 Å². The molecule has 140 valence electrons. The lowest BCUT2D eigenvalue weighted by Gasteiger charge is -2.37. The largest absolute Gasteiger partial charge is 0.372 e. The molecule has 0 aliphatic carbocycles. The van der Waals surface area contributed by atoms with Gasteiger partial charge in [-0.2, -0.15) is 0 Å². The maximum atomic E-state index is 12.9. The fourth-order valence-corrected chi connectivity index (χ4v) is 3.48. The first-order valence-electron chi connectivity index (χ1n) is 9.09. The zero-order valence-corrected chi connectivity index (χ0v) is 15.8. The van der Waals surface area contributed by atoms with Crippen LogP contribution in [0, 0.1) is 0 Å². The van der Waals surface area contributed by atoms with Crippen molar-refractivity contribution in [1.29, 1.82) is 0 Å². The van der Waals surface area contributed by atoms with Gasteiger partial charge < -0.3 is 19.5 Å². The summed E-state index contributed by atoms with van der Waals surface area (Å²) in [5.74, 6) is 0.696. The van der Waals surface area contributed by atoms with Crippen LogP contribution in [0.15, 0.2) is 29.1 Å². The highest BCUT2D eigenvalue weighted by atomic mass is 16.5. The highest BCUT2D eigenvalue weighted by Gasteiger charge is 2.32. The van der Waals surface area contributed by atoms with E-state index in [2.05, 4.69) is 9.97 Å². The van der Waals surface area contributed by atoms with Crippen LogP contribution in [0.5, 0.6) is 0 Å². The first-order chi connectivity index (χ1) is 12.3. The molecule has 1 aliphatic heterocycles. The van der Waals surface area contributed by atoms with Gasteiger partial charge in [-0.15, -0.1) is 0 Å². The second-order valence-electron chi connectivity index (χ2n) is 7.28. The number of aromatic nitrogens is 2. The third kappa shape index (κ3) is 3.94. The third-order valence-electron chi connectivity index (χ3n) is 4.95. The van der Waals surface area contributed by atoms with Crippen molar-refractivity contribution < 1.29 is 14.4 Å². The lowest BCUT2D eigenvalue weighted by molar-refractivity contribution is -0.909. The van der Waals surface area contributed by atoms with E-state index >= 15 is 0 Å². The van der Waals surface area contributed by atoms with Crippen LogP contribution in [-0.4, -0.2) is 59.2 Å². The third-order valence-corrected chi connectivity index (χ3v) is 4.95. The molecule has 3 rings (SSSR count). The van der Waals surface area contributed by atoms with E-state index in [9.17, 15) is 9.59 Å². The molecule has 1 fully saturated rings. The summed E-state index contributed by atoms with van der Waals surface area (Å²) in [5, 5.41) is 0.578. The molecule has 7 nitrogen and oxygen atoms in total. The summed E-state index contributed by atoms with van der Waals surface area (Å²) in [7, 11) is 1.95. The number of para-hydroxylation sites is 1. The van der Waals surface area contributed by atoms with E-state index in [-0.39, 0.29) is 29.7 Å². The minimum Gasteiger partial charge on any atom is -0.372 e. The summed E-state index contributed by atoms with van der Waals surface area (Å²) in [4.78, 5) is 35.3. The van der Waals surface area contributed by atoms with Gasteiger partial charge in [0.05, 0.1) is 30.2 Å².